The Bertz CT molecular complexity index is 528. The van der Waals surface area contributed by atoms with Crippen molar-refractivity contribution in [3.05, 3.63) is 47.7 Å². The minimum absolute atomic E-state index is 0.0350. The van der Waals surface area contributed by atoms with Crippen molar-refractivity contribution in [3.63, 3.8) is 0 Å². The quantitative estimate of drug-likeness (QED) is 0.789. The fourth-order valence-electron chi connectivity index (χ4n) is 1.94. The number of amides is 1. The molecule has 1 aliphatic heterocycles. The van der Waals surface area contributed by atoms with E-state index in [0.717, 1.165) is 23.5 Å². The molecule has 1 aromatic heterocycles. The van der Waals surface area contributed by atoms with Gasteiger partial charge in [0.25, 0.3) is 5.91 Å². The molecular weight excluding hydrogens is 202 g/mol. The van der Waals surface area contributed by atoms with Gasteiger partial charge < -0.3 is 9.73 Å². The summed E-state index contributed by atoms with van der Waals surface area (Å²) in [5.41, 5.74) is 1.68. The van der Waals surface area contributed by atoms with E-state index >= 15 is 0 Å². The molecule has 0 spiro atoms. The predicted molar refractivity (Wildman–Crippen MR) is 60.2 cm³/mol. The summed E-state index contributed by atoms with van der Waals surface area (Å²) in [6.07, 6.45) is 0.772. The van der Waals surface area contributed by atoms with E-state index in [-0.39, 0.29) is 5.91 Å². The summed E-state index contributed by atoms with van der Waals surface area (Å²) in [5.74, 6) is 1.53. The predicted octanol–water partition coefficient (Wildman–Crippen LogP) is 2.23. The Morgan fingerprint density at radius 2 is 2.00 bits per heavy atom. The highest BCUT2D eigenvalue weighted by Gasteiger charge is 2.21. The summed E-state index contributed by atoms with van der Waals surface area (Å²) in [7, 11) is 0. The van der Waals surface area contributed by atoms with Gasteiger partial charge in [0.15, 0.2) is 0 Å². The Labute approximate surface area is 93.1 Å². The number of nitrogens with one attached hydrogen (secondary N) is 1. The first-order valence-corrected chi connectivity index (χ1v) is 5.31. The Morgan fingerprint density at radius 1 is 1.19 bits per heavy atom. The molecule has 0 radical (unpaired) electrons. The van der Waals surface area contributed by atoms with Gasteiger partial charge >= 0.3 is 0 Å². The number of rotatable bonds is 1. The lowest BCUT2D eigenvalue weighted by Gasteiger charge is -2.09. The molecule has 0 saturated heterocycles. The number of furan rings is 1. The maximum Gasteiger partial charge on any atom is 0.254 e. The van der Waals surface area contributed by atoms with Gasteiger partial charge in [0.05, 0.1) is 5.56 Å². The van der Waals surface area contributed by atoms with E-state index in [4.69, 9.17) is 4.42 Å². The van der Waals surface area contributed by atoms with Crippen molar-refractivity contribution in [3.8, 4) is 11.3 Å². The summed E-state index contributed by atoms with van der Waals surface area (Å²) < 4.78 is 5.70. The third kappa shape index (κ3) is 1.41. The molecule has 0 unspecified atom stereocenters. The topological polar surface area (TPSA) is 42.2 Å². The van der Waals surface area contributed by atoms with E-state index in [2.05, 4.69) is 5.32 Å². The monoisotopic (exact) mass is 213 g/mol. The van der Waals surface area contributed by atoms with Gasteiger partial charge in [0, 0.05) is 18.5 Å². The van der Waals surface area contributed by atoms with Crippen LogP contribution in [0.3, 0.4) is 0 Å². The van der Waals surface area contributed by atoms with Crippen molar-refractivity contribution in [2.24, 2.45) is 0 Å². The number of hydrogen-bond donors (Lipinski definition) is 1. The van der Waals surface area contributed by atoms with Crippen LogP contribution in [0.4, 0.5) is 0 Å². The van der Waals surface area contributed by atoms with E-state index in [1.54, 1.807) is 0 Å². The highest BCUT2D eigenvalue weighted by atomic mass is 16.3. The summed E-state index contributed by atoms with van der Waals surface area (Å²) in [5, 5.41) is 2.80. The van der Waals surface area contributed by atoms with Gasteiger partial charge in [0.2, 0.25) is 0 Å². The van der Waals surface area contributed by atoms with E-state index < -0.39 is 0 Å². The van der Waals surface area contributed by atoms with E-state index in [1.807, 2.05) is 36.4 Å². The zero-order chi connectivity index (χ0) is 11.0. The van der Waals surface area contributed by atoms with E-state index in [9.17, 15) is 4.79 Å². The molecule has 1 amide bonds. The maximum absolute atomic E-state index is 11.6. The number of carbonyl (C=O) groups excluding carboxylic acids is 1. The third-order valence-electron chi connectivity index (χ3n) is 2.75. The van der Waals surface area contributed by atoms with Crippen LogP contribution in [0.2, 0.25) is 0 Å². The van der Waals surface area contributed by atoms with E-state index in [1.165, 1.54) is 0 Å². The molecule has 2 aromatic rings. The largest absolute Gasteiger partial charge is 0.460 e. The minimum Gasteiger partial charge on any atom is -0.460 e. The molecule has 3 heteroatoms. The van der Waals surface area contributed by atoms with Crippen LogP contribution in [0.25, 0.3) is 11.3 Å². The van der Waals surface area contributed by atoms with Crippen LogP contribution in [0, 0.1) is 0 Å². The molecule has 16 heavy (non-hydrogen) atoms. The third-order valence-corrected chi connectivity index (χ3v) is 2.75. The van der Waals surface area contributed by atoms with Crippen LogP contribution in [-0.4, -0.2) is 12.5 Å². The minimum atomic E-state index is -0.0350. The lowest BCUT2D eigenvalue weighted by Crippen LogP contribution is -2.30. The van der Waals surface area contributed by atoms with Crippen molar-refractivity contribution < 1.29 is 9.21 Å². The Morgan fingerprint density at radius 3 is 2.75 bits per heavy atom. The molecule has 0 bridgehead atoms. The van der Waals surface area contributed by atoms with Crippen LogP contribution in [-0.2, 0) is 6.42 Å². The van der Waals surface area contributed by atoms with Crippen molar-refractivity contribution in [2.75, 3.05) is 6.54 Å². The lowest BCUT2D eigenvalue weighted by atomic mass is 10.1. The summed E-state index contributed by atoms with van der Waals surface area (Å²) in [4.78, 5) is 11.6. The smallest absolute Gasteiger partial charge is 0.254 e. The fourth-order valence-corrected chi connectivity index (χ4v) is 1.94. The van der Waals surface area contributed by atoms with Gasteiger partial charge in [-0.05, 0) is 6.07 Å². The van der Waals surface area contributed by atoms with Crippen LogP contribution >= 0.6 is 0 Å². The van der Waals surface area contributed by atoms with Crippen LogP contribution in [0.15, 0.2) is 40.8 Å². The lowest BCUT2D eigenvalue weighted by molar-refractivity contribution is 0.0943. The molecule has 1 aliphatic rings. The van der Waals surface area contributed by atoms with Crippen molar-refractivity contribution in [2.45, 2.75) is 6.42 Å². The van der Waals surface area contributed by atoms with Gasteiger partial charge in [-0.25, -0.2) is 0 Å². The molecular formula is C13H11NO2. The molecule has 3 rings (SSSR count). The van der Waals surface area contributed by atoms with Crippen molar-refractivity contribution in [1.29, 1.82) is 0 Å². The van der Waals surface area contributed by atoms with Gasteiger partial charge in [-0.1, -0.05) is 30.3 Å². The number of carbonyl (C=O) groups is 1. The molecule has 1 aromatic carbocycles. The van der Waals surface area contributed by atoms with Gasteiger partial charge in [-0.15, -0.1) is 0 Å². The standard InChI is InChI=1S/C13H11NO2/c15-13-10-8-12(9-4-2-1-3-5-9)16-11(10)6-7-14-13/h1-5,8H,6-7H2,(H,14,15). The molecule has 3 nitrogen and oxygen atoms in total. The van der Waals surface area contributed by atoms with E-state index in [0.29, 0.717) is 12.1 Å². The molecule has 2 heterocycles. The first-order valence-electron chi connectivity index (χ1n) is 5.31. The number of fused-ring (bicyclic) bond motifs is 1. The summed E-state index contributed by atoms with van der Waals surface area (Å²) >= 11 is 0. The molecule has 0 saturated carbocycles. The SMILES string of the molecule is O=C1NCCc2oc(-c3ccccc3)cc21. The highest BCUT2D eigenvalue weighted by molar-refractivity contribution is 5.97. The first-order chi connectivity index (χ1) is 7.84. The molecule has 0 fully saturated rings. The second-order valence-electron chi connectivity index (χ2n) is 3.82. The van der Waals surface area contributed by atoms with Crippen LogP contribution in [0.1, 0.15) is 16.1 Å². The summed E-state index contributed by atoms with van der Waals surface area (Å²) in [6.45, 7) is 0.660. The van der Waals surface area contributed by atoms with Gasteiger partial charge in [-0.2, -0.15) is 0 Å². The van der Waals surface area contributed by atoms with Gasteiger partial charge in [-0.3, -0.25) is 4.79 Å². The summed E-state index contributed by atoms with van der Waals surface area (Å²) in [6, 6.07) is 11.6. The molecule has 80 valence electrons. The van der Waals surface area contributed by atoms with Crippen molar-refractivity contribution in [1.82, 2.24) is 5.32 Å². The zero-order valence-electron chi connectivity index (χ0n) is 8.69. The molecule has 1 N–H and O–H groups in total. The average Bonchev–Trinajstić information content (AvgIpc) is 2.76. The second kappa shape index (κ2) is 3.52. The molecule has 0 aliphatic carbocycles. The van der Waals surface area contributed by atoms with Crippen LogP contribution in [0.5, 0.6) is 0 Å². The number of benzene rings is 1. The number of hydrogen-bond acceptors (Lipinski definition) is 2. The normalized spacial score (nSPS) is 14.4. The zero-order valence-corrected chi connectivity index (χ0v) is 8.69. The Hall–Kier alpha value is -2.03. The Kier molecular flexibility index (Phi) is 2.03. The second-order valence-corrected chi connectivity index (χ2v) is 3.82. The van der Waals surface area contributed by atoms with Crippen LogP contribution < -0.4 is 5.32 Å². The fraction of sp³-hybridized carbons (Fsp3) is 0.154. The van der Waals surface area contributed by atoms with Crippen molar-refractivity contribution >= 4 is 5.91 Å². The first kappa shape index (κ1) is 9.21. The maximum atomic E-state index is 11.6. The average molecular weight is 213 g/mol. The Balaban J connectivity index is 2.08. The highest BCUT2D eigenvalue weighted by Crippen LogP contribution is 2.27. The van der Waals surface area contributed by atoms with Gasteiger partial charge in [0.1, 0.15) is 11.5 Å². The molecule has 0 atom stereocenters.